The Kier molecular flexibility index (Phi) is 4.87. The first kappa shape index (κ1) is 13.9. The molecule has 96 valence electrons. The Bertz CT molecular complexity index is 345. The fourth-order valence-corrected chi connectivity index (χ4v) is 1.69. The Morgan fingerprint density at radius 3 is 2.47 bits per heavy atom. The van der Waals surface area contributed by atoms with Crippen LogP contribution in [0.5, 0.6) is 0 Å². The van der Waals surface area contributed by atoms with Gasteiger partial charge in [-0.1, -0.05) is 13.8 Å². The van der Waals surface area contributed by atoms with Crippen LogP contribution in [-0.2, 0) is 16.8 Å². The quantitative estimate of drug-likeness (QED) is 0.826. The molecule has 1 rings (SSSR count). The zero-order valence-corrected chi connectivity index (χ0v) is 11.5. The molecule has 0 amide bonds. The zero-order valence-electron chi connectivity index (χ0n) is 11.5. The summed E-state index contributed by atoms with van der Waals surface area (Å²) in [5, 5.41) is 3.07. The van der Waals surface area contributed by atoms with Gasteiger partial charge in [-0.25, -0.2) is 9.97 Å². The summed E-state index contributed by atoms with van der Waals surface area (Å²) >= 11 is 0. The number of rotatable bonds is 6. The van der Waals surface area contributed by atoms with Crippen molar-refractivity contribution in [1.82, 2.24) is 9.97 Å². The molecule has 1 atom stereocenters. The number of nitrogens with zero attached hydrogens (tertiary/aromatic N) is 2. The highest BCUT2D eigenvalue weighted by molar-refractivity contribution is 5.36. The SMILES string of the molecule is CCOC(C)(CC)c1nc(CC)cc(NC)n1. The van der Waals surface area contributed by atoms with Crippen molar-refractivity contribution in [3.63, 3.8) is 0 Å². The molecule has 17 heavy (non-hydrogen) atoms. The van der Waals surface area contributed by atoms with Crippen LogP contribution in [0.3, 0.4) is 0 Å². The molecule has 0 radical (unpaired) electrons. The fraction of sp³-hybridized carbons (Fsp3) is 0.692. The van der Waals surface area contributed by atoms with Gasteiger partial charge in [0.25, 0.3) is 0 Å². The van der Waals surface area contributed by atoms with Gasteiger partial charge >= 0.3 is 0 Å². The Labute approximate surface area is 104 Å². The number of hydrogen-bond donors (Lipinski definition) is 1. The molecule has 0 saturated carbocycles. The van der Waals surface area contributed by atoms with E-state index in [1.165, 1.54) is 0 Å². The van der Waals surface area contributed by atoms with Crippen LogP contribution in [0.1, 0.15) is 45.6 Å². The van der Waals surface area contributed by atoms with Crippen molar-refractivity contribution >= 4 is 5.82 Å². The molecule has 0 aliphatic carbocycles. The van der Waals surface area contributed by atoms with Crippen molar-refractivity contribution in [2.75, 3.05) is 19.0 Å². The summed E-state index contributed by atoms with van der Waals surface area (Å²) in [6.07, 6.45) is 1.76. The largest absolute Gasteiger partial charge is 0.373 e. The Morgan fingerprint density at radius 1 is 1.29 bits per heavy atom. The average molecular weight is 237 g/mol. The Hall–Kier alpha value is -1.16. The minimum absolute atomic E-state index is 0.397. The first-order valence-electron chi connectivity index (χ1n) is 6.29. The van der Waals surface area contributed by atoms with Crippen LogP contribution in [0.2, 0.25) is 0 Å². The summed E-state index contributed by atoms with van der Waals surface area (Å²) in [4.78, 5) is 9.10. The van der Waals surface area contributed by atoms with Crippen molar-refractivity contribution in [2.45, 2.75) is 46.1 Å². The van der Waals surface area contributed by atoms with Crippen LogP contribution in [0.4, 0.5) is 5.82 Å². The number of nitrogens with one attached hydrogen (secondary N) is 1. The standard InChI is InChI=1S/C13H23N3O/c1-6-10-9-11(14-5)16-12(15-10)13(4,7-2)17-8-3/h9H,6-8H2,1-5H3,(H,14,15,16). The van der Waals surface area contributed by atoms with E-state index in [-0.39, 0.29) is 0 Å². The van der Waals surface area contributed by atoms with Crippen molar-refractivity contribution in [3.05, 3.63) is 17.6 Å². The van der Waals surface area contributed by atoms with Gasteiger partial charge in [0.1, 0.15) is 11.4 Å². The molecule has 0 saturated heterocycles. The molecule has 0 fully saturated rings. The summed E-state index contributed by atoms with van der Waals surface area (Å²) < 4.78 is 5.81. The van der Waals surface area contributed by atoms with E-state index >= 15 is 0 Å². The lowest BCUT2D eigenvalue weighted by atomic mass is 10.0. The van der Waals surface area contributed by atoms with E-state index in [4.69, 9.17) is 4.74 Å². The summed E-state index contributed by atoms with van der Waals surface area (Å²) in [5.74, 6) is 1.62. The molecular weight excluding hydrogens is 214 g/mol. The minimum Gasteiger partial charge on any atom is -0.373 e. The smallest absolute Gasteiger partial charge is 0.162 e. The van der Waals surface area contributed by atoms with Gasteiger partial charge in [0.05, 0.1) is 0 Å². The molecule has 1 aromatic heterocycles. The average Bonchev–Trinajstić information content (AvgIpc) is 2.38. The third kappa shape index (κ3) is 3.16. The number of ether oxygens (including phenoxy) is 1. The van der Waals surface area contributed by atoms with Gasteiger partial charge < -0.3 is 10.1 Å². The molecule has 0 bridgehead atoms. The Balaban J connectivity index is 3.18. The van der Waals surface area contributed by atoms with Crippen LogP contribution < -0.4 is 5.32 Å². The van der Waals surface area contributed by atoms with E-state index < -0.39 is 5.60 Å². The molecule has 1 N–H and O–H groups in total. The molecule has 1 heterocycles. The van der Waals surface area contributed by atoms with Gasteiger partial charge in [0.15, 0.2) is 5.82 Å². The van der Waals surface area contributed by atoms with E-state index in [0.717, 1.165) is 30.2 Å². The van der Waals surface area contributed by atoms with E-state index in [2.05, 4.69) is 29.1 Å². The monoisotopic (exact) mass is 237 g/mol. The van der Waals surface area contributed by atoms with Gasteiger partial charge in [-0.3, -0.25) is 0 Å². The van der Waals surface area contributed by atoms with Crippen molar-refractivity contribution in [3.8, 4) is 0 Å². The predicted octanol–water partition coefficient (Wildman–Crippen LogP) is 2.74. The van der Waals surface area contributed by atoms with Crippen molar-refractivity contribution in [2.24, 2.45) is 0 Å². The Morgan fingerprint density at radius 2 is 2.00 bits per heavy atom. The van der Waals surface area contributed by atoms with Crippen LogP contribution in [0.15, 0.2) is 6.07 Å². The number of anilines is 1. The van der Waals surface area contributed by atoms with Gasteiger partial charge in [-0.05, 0) is 26.7 Å². The molecule has 1 unspecified atom stereocenters. The molecule has 1 aromatic rings. The highest BCUT2D eigenvalue weighted by Gasteiger charge is 2.29. The van der Waals surface area contributed by atoms with Crippen LogP contribution in [0, 0.1) is 0 Å². The van der Waals surface area contributed by atoms with Gasteiger partial charge in [0, 0.05) is 25.4 Å². The zero-order chi connectivity index (χ0) is 12.9. The number of aryl methyl sites for hydroxylation is 1. The van der Waals surface area contributed by atoms with Gasteiger partial charge in [0.2, 0.25) is 0 Å². The van der Waals surface area contributed by atoms with Crippen molar-refractivity contribution in [1.29, 1.82) is 0 Å². The highest BCUT2D eigenvalue weighted by atomic mass is 16.5. The maximum Gasteiger partial charge on any atom is 0.162 e. The summed E-state index contributed by atoms with van der Waals surface area (Å²) in [6.45, 7) is 8.90. The van der Waals surface area contributed by atoms with E-state index in [1.54, 1.807) is 0 Å². The molecule has 4 heteroatoms. The first-order valence-corrected chi connectivity index (χ1v) is 6.29. The molecule has 0 spiro atoms. The lowest BCUT2D eigenvalue weighted by molar-refractivity contribution is -0.0390. The first-order chi connectivity index (χ1) is 8.09. The molecular formula is C13H23N3O. The van der Waals surface area contributed by atoms with Crippen LogP contribution in [-0.4, -0.2) is 23.6 Å². The summed E-state index contributed by atoms with van der Waals surface area (Å²) in [6, 6.07) is 1.98. The van der Waals surface area contributed by atoms with E-state index in [9.17, 15) is 0 Å². The highest BCUT2D eigenvalue weighted by Crippen LogP contribution is 2.27. The second-order valence-electron chi connectivity index (χ2n) is 4.19. The van der Waals surface area contributed by atoms with Crippen molar-refractivity contribution < 1.29 is 4.74 Å². The van der Waals surface area contributed by atoms with Gasteiger partial charge in [-0.2, -0.15) is 0 Å². The second-order valence-corrected chi connectivity index (χ2v) is 4.19. The summed E-state index contributed by atoms with van der Waals surface area (Å²) in [5.41, 5.74) is 0.643. The van der Waals surface area contributed by atoms with Crippen LogP contribution >= 0.6 is 0 Å². The molecule has 0 aromatic carbocycles. The molecule has 0 aliphatic heterocycles. The van der Waals surface area contributed by atoms with Gasteiger partial charge in [-0.15, -0.1) is 0 Å². The maximum absolute atomic E-state index is 5.81. The molecule has 4 nitrogen and oxygen atoms in total. The fourth-order valence-electron chi connectivity index (χ4n) is 1.69. The number of hydrogen-bond acceptors (Lipinski definition) is 4. The number of aromatic nitrogens is 2. The topological polar surface area (TPSA) is 47.0 Å². The predicted molar refractivity (Wildman–Crippen MR) is 70.2 cm³/mol. The van der Waals surface area contributed by atoms with E-state index in [1.807, 2.05) is 27.0 Å². The van der Waals surface area contributed by atoms with Crippen LogP contribution in [0.25, 0.3) is 0 Å². The minimum atomic E-state index is -0.397. The third-order valence-corrected chi connectivity index (χ3v) is 3.01. The maximum atomic E-state index is 5.81. The molecule has 0 aliphatic rings. The normalized spacial score (nSPS) is 14.4. The summed E-state index contributed by atoms with van der Waals surface area (Å²) in [7, 11) is 1.87. The lowest BCUT2D eigenvalue weighted by Gasteiger charge is -2.27. The third-order valence-electron chi connectivity index (χ3n) is 3.01. The second kappa shape index (κ2) is 5.96. The van der Waals surface area contributed by atoms with E-state index in [0.29, 0.717) is 6.61 Å². The lowest BCUT2D eigenvalue weighted by Crippen LogP contribution is -2.28.